The van der Waals surface area contributed by atoms with Crippen LogP contribution in [0.2, 0.25) is 0 Å². The van der Waals surface area contributed by atoms with Crippen LogP contribution in [-0.2, 0) is 17.9 Å². The van der Waals surface area contributed by atoms with E-state index in [1.165, 1.54) is 5.56 Å². The lowest BCUT2D eigenvalue weighted by Gasteiger charge is -2.37. The minimum atomic E-state index is -0.836. The zero-order valence-electron chi connectivity index (χ0n) is 18.9. The number of piperazine rings is 1. The Balaban J connectivity index is 1.31. The fourth-order valence-corrected chi connectivity index (χ4v) is 4.59. The molecule has 1 aliphatic rings. The molecule has 0 spiro atoms. The molecule has 0 unspecified atom stereocenters. The number of pyridine rings is 1. The van der Waals surface area contributed by atoms with Crippen molar-refractivity contribution in [2.45, 2.75) is 19.2 Å². The third-order valence-electron chi connectivity index (χ3n) is 6.36. The van der Waals surface area contributed by atoms with Crippen LogP contribution in [0.5, 0.6) is 5.75 Å². The van der Waals surface area contributed by atoms with Gasteiger partial charge < -0.3 is 14.8 Å². The van der Waals surface area contributed by atoms with Crippen LogP contribution in [0.1, 0.15) is 22.7 Å². The topological polar surface area (TPSA) is 81.7 Å². The van der Waals surface area contributed by atoms with Crippen LogP contribution >= 0.6 is 0 Å². The number of H-pyrrole nitrogens is 1. The number of aromatic amines is 1. The molecular weight excluding hydrogens is 428 g/mol. The number of hydrogen-bond donors (Lipinski definition) is 2. The van der Waals surface area contributed by atoms with Crippen LogP contribution in [0.3, 0.4) is 0 Å². The van der Waals surface area contributed by atoms with Gasteiger partial charge in [0.1, 0.15) is 18.4 Å². The highest BCUT2D eigenvalue weighted by molar-refractivity contribution is 5.90. The van der Waals surface area contributed by atoms with Crippen molar-refractivity contribution < 1.29 is 14.6 Å². The quantitative estimate of drug-likeness (QED) is 0.416. The summed E-state index contributed by atoms with van der Waals surface area (Å²) in [5.74, 6) is -0.111. The maximum Gasteiger partial charge on any atom is 0.325 e. The molecule has 0 amide bonds. The van der Waals surface area contributed by atoms with E-state index in [0.717, 1.165) is 47.4 Å². The highest BCUT2D eigenvalue weighted by Crippen LogP contribution is 2.32. The number of nitrogens with one attached hydrogen (secondary N) is 1. The van der Waals surface area contributed by atoms with E-state index in [1.54, 1.807) is 6.20 Å². The van der Waals surface area contributed by atoms with E-state index in [1.807, 2.05) is 67.0 Å². The first-order valence-corrected chi connectivity index (χ1v) is 11.5. The Kier molecular flexibility index (Phi) is 6.56. The Morgan fingerprint density at radius 3 is 2.56 bits per heavy atom. The molecule has 1 saturated heterocycles. The van der Waals surface area contributed by atoms with Crippen LogP contribution in [0, 0.1) is 0 Å². The molecule has 0 bridgehead atoms. The minimum Gasteiger partial charge on any atom is -0.489 e. The summed E-state index contributed by atoms with van der Waals surface area (Å²) in [5.41, 5.74) is 3.94. The summed E-state index contributed by atoms with van der Waals surface area (Å²) in [5, 5.41) is 11.1. The van der Waals surface area contributed by atoms with Crippen molar-refractivity contribution in [2.75, 3.05) is 26.2 Å². The molecule has 0 radical (unpaired) electrons. The van der Waals surface area contributed by atoms with Crippen molar-refractivity contribution in [2.24, 2.45) is 0 Å². The first-order valence-electron chi connectivity index (χ1n) is 11.5. The molecule has 1 aliphatic heterocycles. The second-order valence-corrected chi connectivity index (χ2v) is 8.64. The molecular formula is C27H28N4O3. The molecule has 5 rings (SSSR count). The van der Waals surface area contributed by atoms with Gasteiger partial charge in [-0.1, -0.05) is 36.4 Å². The van der Waals surface area contributed by atoms with Crippen LogP contribution < -0.4 is 4.74 Å². The van der Waals surface area contributed by atoms with Gasteiger partial charge in [0.05, 0.1) is 0 Å². The molecule has 0 aliphatic carbocycles. The fraction of sp³-hybridized carbons (Fsp3) is 0.259. The summed E-state index contributed by atoms with van der Waals surface area (Å²) in [4.78, 5) is 24.2. The Morgan fingerprint density at radius 1 is 1.03 bits per heavy atom. The fourth-order valence-electron chi connectivity index (χ4n) is 4.59. The van der Waals surface area contributed by atoms with E-state index in [4.69, 9.17) is 4.74 Å². The van der Waals surface area contributed by atoms with Gasteiger partial charge in [0.15, 0.2) is 0 Å². The predicted molar refractivity (Wildman–Crippen MR) is 131 cm³/mol. The molecule has 4 aromatic rings. The number of ether oxygens (including phenoxy) is 1. The van der Waals surface area contributed by atoms with Gasteiger partial charge in [-0.3, -0.25) is 19.6 Å². The highest BCUT2D eigenvalue weighted by atomic mass is 16.5. The molecule has 1 atom stereocenters. The normalized spacial score (nSPS) is 15.9. The molecule has 34 heavy (non-hydrogen) atoms. The number of aromatic nitrogens is 2. The van der Waals surface area contributed by atoms with E-state index >= 15 is 0 Å². The average molecular weight is 457 g/mol. The second kappa shape index (κ2) is 10.1. The molecule has 174 valence electrons. The van der Waals surface area contributed by atoms with E-state index in [-0.39, 0.29) is 0 Å². The number of fused-ring (bicyclic) bond motifs is 1. The summed E-state index contributed by atoms with van der Waals surface area (Å²) in [7, 11) is 0. The number of carboxylic acid groups (broad SMARTS) is 1. The highest BCUT2D eigenvalue weighted by Gasteiger charge is 2.32. The number of carbonyl (C=O) groups is 1. The van der Waals surface area contributed by atoms with Gasteiger partial charge in [0.2, 0.25) is 0 Å². The Hall–Kier alpha value is -3.68. The first-order chi connectivity index (χ1) is 16.7. The number of aliphatic carboxylic acids is 1. The zero-order chi connectivity index (χ0) is 23.3. The SMILES string of the molecule is O=C(O)[C@@H](c1c[nH]c2ccc(OCc3ccccc3)cc12)N1CCN(Cc2cccnc2)CC1. The van der Waals surface area contributed by atoms with Gasteiger partial charge in [0.25, 0.3) is 0 Å². The first kappa shape index (κ1) is 22.1. The molecule has 2 aromatic carbocycles. The van der Waals surface area contributed by atoms with E-state index in [2.05, 4.69) is 25.8 Å². The third kappa shape index (κ3) is 4.95. The molecule has 7 nitrogen and oxygen atoms in total. The lowest BCUT2D eigenvalue weighted by molar-refractivity contribution is -0.144. The van der Waals surface area contributed by atoms with Crippen molar-refractivity contribution in [1.29, 1.82) is 0 Å². The molecule has 2 aromatic heterocycles. The minimum absolute atomic E-state index is 0.466. The van der Waals surface area contributed by atoms with Crippen LogP contribution in [-0.4, -0.2) is 57.0 Å². The van der Waals surface area contributed by atoms with Crippen molar-refractivity contribution >= 4 is 16.9 Å². The monoisotopic (exact) mass is 456 g/mol. The maximum absolute atomic E-state index is 12.4. The maximum atomic E-state index is 12.4. The van der Waals surface area contributed by atoms with Crippen LogP contribution in [0.25, 0.3) is 10.9 Å². The van der Waals surface area contributed by atoms with E-state index < -0.39 is 12.0 Å². The Bertz CT molecular complexity index is 1230. The molecule has 7 heteroatoms. The number of benzene rings is 2. The number of hydrogen-bond acceptors (Lipinski definition) is 5. The molecule has 3 heterocycles. The summed E-state index contributed by atoms with van der Waals surface area (Å²) in [6, 6.07) is 19.1. The lowest BCUT2D eigenvalue weighted by atomic mass is 10.0. The Labute approximate surface area is 198 Å². The lowest BCUT2D eigenvalue weighted by Crippen LogP contribution is -2.48. The summed E-state index contributed by atoms with van der Waals surface area (Å²) >= 11 is 0. The van der Waals surface area contributed by atoms with Crippen molar-refractivity contribution in [3.05, 3.63) is 95.9 Å². The molecule has 2 N–H and O–H groups in total. The van der Waals surface area contributed by atoms with Gasteiger partial charge in [-0.2, -0.15) is 0 Å². The van der Waals surface area contributed by atoms with Gasteiger partial charge in [-0.25, -0.2) is 0 Å². The zero-order valence-corrected chi connectivity index (χ0v) is 18.9. The van der Waals surface area contributed by atoms with Gasteiger partial charge in [-0.05, 0) is 35.4 Å². The van der Waals surface area contributed by atoms with Gasteiger partial charge in [0, 0.05) is 67.8 Å². The predicted octanol–water partition coefficient (Wildman–Crippen LogP) is 4.09. The molecule has 1 fully saturated rings. The average Bonchev–Trinajstić information content (AvgIpc) is 3.28. The van der Waals surface area contributed by atoms with Crippen molar-refractivity contribution in [1.82, 2.24) is 19.8 Å². The van der Waals surface area contributed by atoms with E-state index in [0.29, 0.717) is 19.7 Å². The van der Waals surface area contributed by atoms with Crippen molar-refractivity contribution in [3.63, 3.8) is 0 Å². The summed E-state index contributed by atoms with van der Waals surface area (Å²) in [6.45, 7) is 4.29. The summed E-state index contributed by atoms with van der Waals surface area (Å²) in [6.07, 6.45) is 5.49. The number of rotatable bonds is 8. The number of carboxylic acids is 1. The standard InChI is InChI=1S/C27H28N4O3/c32-27(33)26(31-13-11-30(12-14-31)18-21-7-4-10-28-16-21)24-17-29-25-9-8-22(15-23(24)25)34-19-20-5-2-1-3-6-20/h1-10,15-17,26,29H,11-14,18-19H2,(H,32,33)/t26-/m1/s1. The smallest absolute Gasteiger partial charge is 0.325 e. The van der Waals surface area contributed by atoms with Crippen molar-refractivity contribution in [3.8, 4) is 5.75 Å². The Morgan fingerprint density at radius 2 is 1.82 bits per heavy atom. The summed E-state index contributed by atoms with van der Waals surface area (Å²) < 4.78 is 5.99. The van der Waals surface area contributed by atoms with E-state index in [9.17, 15) is 9.90 Å². The van der Waals surface area contributed by atoms with Gasteiger partial charge in [-0.15, -0.1) is 0 Å². The largest absolute Gasteiger partial charge is 0.489 e. The second-order valence-electron chi connectivity index (χ2n) is 8.64. The number of nitrogens with zero attached hydrogens (tertiary/aromatic N) is 3. The van der Waals surface area contributed by atoms with Crippen LogP contribution in [0.4, 0.5) is 0 Å². The van der Waals surface area contributed by atoms with Gasteiger partial charge >= 0.3 is 5.97 Å². The molecule has 0 saturated carbocycles. The van der Waals surface area contributed by atoms with Crippen LogP contribution in [0.15, 0.2) is 79.3 Å². The third-order valence-corrected chi connectivity index (χ3v) is 6.36.